The molecule has 1 aromatic heterocycles. The summed E-state index contributed by atoms with van der Waals surface area (Å²) in [4.78, 5) is 61.2. The highest BCUT2D eigenvalue weighted by molar-refractivity contribution is 7.51. The predicted molar refractivity (Wildman–Crippen MR) is 173 cm³/mol. The summed E-state index contributed by atoms with van der Waals surface area (Å²) in [5, 5.41) is 12.0. The molecule has 0 bridgehead atoms. The minimum absolute atomic E-state index is 0.00656. The van der Waals surface area contributed by atoms with E-state index in [0.717, 1.165) is 31.6 Å². The van der Waals surface area contributed by atoms with Gasteiger partial charge in [-0.05, 0) is 49.9 Å². The van der Waals surface area contributed by atoms with Gasteiger partial charge in [0.2, 0.25) is 11.3 Å². The number of carbonyl (C=O) groups excluding carboxylic acids is 2. The highest BCUT2D eigenvalue weighted by Crippen LogP contribution is 2.47. The van der Waals surface area contributed by atoms with Gasteiger partial charge >= 0.3 is 19.7 Å². The lowest BCUT2D eigenvalue weighted by Gasteiger charge is -2.42. The molecule has 262 valence electrons. The summed E-state index contributed by atoms with van der Waals surface area (Å²) >= 11 is 0. The minimum Gasteiger partial charge on any atom is -0.487 e. The molecule has 3 aliphatic rings. The van der Waals surface area contributed by atoms with Crippen molar-refractivity contribution in [1.82, 2.24) is 9.88 Å². The third kappa shape index (κ3) is 7.41. The maximum atomic E-state index is 15.5. The molecule has 3 aromatic rings. The Morgan fingerprint density at radius 3 is 2.45 bits per heavy atom. The van der Waals surface area contributed by atoms with Gasteiger partial charge in [0, 0.05) is 50.4 Å². The summed E-state index contributed by atoms with van der Waals surface area (Å²) in [6.45, 7) is 2.52. The van der Waals surface area contributed by atoms with Gasteiger partial charge in [-0.2, -0.15) is 0 Å². The lowest BCUT2D eigenvalue weighted by Crippen LogP contribution is -2.49. The van der Waals surface area contributed by atoms with Crippen LogP contribution in [-0.4, -0.2) is 83.7 Å². The van der Waals surface area contributed by atoms with Gasteiger partial charge in [0.15, 0.2) is 11.6 Å². The molecule has 1 aliphatic carbocycles. The zero-order valence-electron chi connectivity index (χ0n) is 26.7. The van der Waals surface area contributed by atoms with Crippen LogP contribution in [0, 0.1) is 11.6 Å². The zero-order chi connectivity index (χ0) is 35.2. The molecule has 6 rings (SSSR count). The minimum atomic E-state index is -4.08. The standard InChI is InChI=1S/C32H35F2N4O10P/c1-18(39)35-14-21-15-38(31(43)47-21)20-5-6-28(25(34)11-20)46-17-32(48-49(2,44)45)7-9-36(10-8-32)27-13-26-22(12-24(27)33)29(40)23(30(41)42)16-37(26)19-3-4-19/h5-6,11-13,16,19,21H,3-4,7-10,14-15,17H2,1-2H3,(H,35,39)(H,41,42)(H,44,45)/t21-/m0/s1. The molecule has 17 heteroatoms. The fourth-order valence-corrected chi connectivity index (χ4v) is 7.22. The number of ether oxygens (including phenoxy) is 2. The number of fused-ring (bicyclic) bond motifs is 1. The number of rotatable bonds is 11. The van der Waals surface area contributed by atoms with Gasteiger partial charge in [-0.1, -0.05) is 0 Å². The number of benzene rings is 2. The number of nitrogens with one attached hydrogen (secondary N) is 1. The number of piperidine rings is 1. The van der Waals surface area contributed by atoms with Gasteiger partial charge in [0.1, 0.15) is 29.7 Å². The van der Waals surface area contributed by atoms with E-state index in [1.807, 2.05) is 0 Å². The van der Waals surface area contributed by atoms with E-state index in [4.69, 9.17) is 14.0 Å². The fourth-order valence-electron chi connectivity index (χ4n) is 6.26. The number of carboxylic acid groups (broad SMARTS) is 1. The summed E-state index contributed by atoms with van der Waals surface area (Å²) in [5.74, 6) is -3.41. The van der Waals surface area contributed by atoms with Crippen molar-refractivity contribution in [3.05, 3.63) is 63.9 Å². The van der Waals surface area contributed by atoms with Crippen LogP contribution < -0.4 is 25.3 Å². The van der Waals surface area contributed by atoms with E-state index >= 15 is 8.78 Å². The van der Waals surface area contributed by atoms with E-state index in [1.54, 1.807) is 9.47 Å². The van der Waals surface area contributed by atoms with Gasteiger partial charge in [0.05, 0.1) is 30.0 Å². The Morgan fingerprint density at radius 1 is 1.12 bits per heavy atom. The zero-order valence-corrected chi connectivity index (χ0v) is 27.6. The Kier molecular flexibility index (Phi) is 9.15. The second-order valence-electron chi connectivity index (χ2n) is 12.7. The molecule has 2 saturated heterocycles. The number of nitrogens with zero attached hydrogens (tertiary/aromatic N) is 3. The molecule has 0 spiro atoms. The van der Waals surface area contributed by atoms with Crippen LogP contribution in [-0.2, 0) is 18.6 Å². The first-order valence-electron chi connectivity index (χ1n) is 15.7. The van der Waals surface area contributed by atoms with Crippen LogP contribution in [0.1, 0.15) is 49.0 Å². The number of carboxylic acids is 1. The van der Waals surface area contributed by atoms with E-state index in [2.05, 4.69) is 5.32 Å². The topological polar surface area (TPSA) is 177 Å². The number of aromatic nitrogens is 1. The number of amides is 2. The predicted octanol–water partition coefficient (Wildman–Crippen LogP) is 4.02. The van der Waals surface area contributed by atoms with E-state index < -0.39 is 54.0 Å². The van der Waals surface area contributed by atoms with Crippen LogP contribution in [0.15, 0.2) is 41.3 Å². The lowest BCUT2D eigenvalue weighted by atomic mass is 9.92. The second-order valence-corrected chi connectivity index (χ2v) is 14.4. The first-order valence-corrected chi connectivity index (χ1v) is 17.7. The number of anilines is 2. The SMILES string of the molecule is CC(=O)NC[C@H]1CN(c2ccc(OCC3(OP(C)(=O)O)CCN(c4cc5c(cc4F)c(=O)c(C(=O)O)cn5C4CC4)CC3)c(F)c2)C(=O)O1. The number of cyclic esters (lactones) is 1. The van der Waals surface area contributed by atoms with Crippen LogP contribution in [0.4, 0.5) is 25.0 Å². The van der Waals surface area contributed by atoms with E-state index in [-0.39, 0.29) is 80.1 Å². The highest BCUT2D eigenvalue weighted by atomic mass is 31.2. The Bertz CT molecular complexity index is 1940. The van der Waals surface area contributed by atoms with Crippen molar-refractivity contribution >= 4 is 47.8 Å². The Labute approximate surface area is 278 Å². The van der Waals surface area contributed by atoms with Gasteiger partial charge in [-0.25, -0.2) is 18.4 Å². The first-order chi connectivity index (χ1) is 23.1. The molecular formula is C32H35F2N4O10P. The molecule has 1 unspecified atom stereocenters. The molecule has 49 heavy (non-hydrogen) atoms. The highest BCUT2D eigenvalue weighted by Gasteiger charge is 2.42. The molecule has 3 heterocycles. The molecule has 2 amide bonds. The van der Waals surface area contributed by atoms with Gasteiger partial charge in [0.25, 0.3) is 0 Å². The molecule has 2 aliphatic heterocycles. The average molecular weight is 705 g/mol. The van der Waals surface area contributed by atoms with Crippen molar-refractivity contribution in [2.45, 2.75) is 50.4 Å². The molecule has 3 N–H and O–H groups in total. The van der Waals surface area contributed by atoms with Crippen molar-refractivity contribution in [3.8, 4) is 5.75 Å². The van der Waals surface area contributed by atoms with Gasteiger partial charge in [-0.15, -0.1) is 0 Å². The van der Waals surface area contributed by atoms with Crippen LogP contribution in [0.3, 0.4) is 0 Å². The molecular weight excluding hydrogens is 669 g/mol. The van der Waals surface area contributed by atoms with Crippen LogP contribution in [0.5, 0.6) is 5.75 Å². The van der Waals surface area contributed by atoms with E-state index in [1.165, 1.54) is 36.2 Å². The third-order valence-corrected chi connectivity index (χ3v) is 9.55. The molecule has 3 fully saturated rings. The van der Waals surface area contributed by atoms with Crippen molar-refractivity contribution in [2.24, 2.45) is 0 Å². The van der Waals surface area contributed by atoms with Crippen molar-refractivity contribution in [2.75, 3.05) is 49.3 Å². The molecule has 2 aromatic carbocycles. The summed E-state index contributed by atoms with van der Waals surface area (Å²) in [5.41, 5.74) is -1.78. The summed E-state index contributed by atoms with van der Waals surface area (Å²) in [7, 11) is -4.08. The monoisotopic (exact) mass is 704 g/mol. The van der Waals surface area contributed by atoms with Crippen LogP contribution >= 0.6 is 7.60 Å². The lowest BCUT2D eigenvalue weighted by molar-refractivity contribution is -0.119. The number of halogens is 2. The number of carbonyl (C=O) groups is 3. The van der Waals surface area contributed by atoms with Gasteiger partial charge in [-0.3, -0.25) is 23.6 Å². The summed E-state index contributed by atoms with van der Waals surface area (Å²) in [6.07, 6.45) is 1.74. The fraction of sp³-hybridized carbons (Fsp3) is 0.438. The second kappa shape index (κ2) is 13.1. The quantitative estimate of drug-likeness (QED) is 0.246. The smallest absolute Gasteiger partial charge is 0.414 e. The molecule has 1 saturated carbocycles. The molecule has 0 radical (unpaired) electrons. The van der Waals surface area contributed by atoms with E-state index in [9.17, 15) is 33.7 Å². The average Bonchev–Trinajstić information content (AvgIpc) is 3.80. The maximum Gasteiger partial charge on any atom is 0.414 e. The van der Waals surface area contributed by atoms with Crippen LogP contribution in [0.2, 0.25) is 0 Å². The van der Waals surface area contributed by atoms with E-state index in [0.29, 0.717) is 5.52 Å². The molecule has 2 atom stereocenters. The number of aromatic carboxylic acids is 1. The van der Waals surface area contributed by atoms with Gasteiger partial charge < -0.3 is 34.3 Å². The van der Waals surface area contributed by atoms with Crippen molar-refractivity contribution in [3.63, 3.8) is 0 Å². The third-order valence-electron chi connectivity index (χ3n) is 8.82. The number of hydrogen-bond acceptors (Lipinski definition) is 9. The van der Waals surface area contributed by atoms with Crippen molar-refractivity contribution < 1.29 is 51.7 Å². The Morgan fingerprint density at radius 2 is 1.84 bits per heavy atom. The number of pyridine rings is 1. The normalized spacial score (nSPS) is 20.2. The maximum absolute atomic E-state index is 15.5. The number of hydrogen-bond donors (Lipinski definition) is 3. The first kappa shape index (κ1) is 34.3. The largest absolute Gasteiger partial charge is 0.487 e. The van der Waals surface area contributed by atoms with Crippen molar-refractivity contribution in [1.29, 1.82) is 0 Å². The summed E-state index contributed by atoms with van der Waals surface area (Å²) < 4.78 is 61.6. The van der Waals surface area contributed by atoms with Crippen LogP contribution in [0.25, 0.3) is 10.9 Å². The Hall–Kier alpha value is -4.53. The Balaban J connectivity index is 1.18. The summed E-state index contributed by atoms with van der Waals surface area (Å²) in [6, 6.07) is 6.42. The molecule has 14 nitrogen and oxygen atoms in total.